The summed E-state index contributed by atoms with van der Waals surface area (Å²) in [6.07, 6.45) is 0. The first-order valence-electron chi connectivity index (χ1n) is 5.06. The maximum absolute atomic E-state index is 11.5. The van der Waals surface area contributed by atoms with Crippen LogP contribution in [0.2, 0.25) is 0 Å². The number of rotatable bonds is 4. The summed E-state index contributed by atoms with van der Waals surface area (Å²) in [6, 6.07) is 0. The molecule has 1 heterocycles. The molecule has 0 radical (unpaired) electrons. The van der Waals surface area contributed by atoms with E-state index in [4.69, 9.17) is 0 Å². The van der Waals surface area contributed by atoms with Gasteiger partial charge in [0.15, 0.2) is 9.84 Å². The minimum atomic E-state index is -3.18. The Balaban J connectivity index is 2.42. The maximum atomic E-state index is 11.5. The molecule has 0 aliphatic carbocycles. The first-order valence-corrected chi connectivity index (χ1v) is 8.49. The molecule has 0 aromatic carbocycles. The smallest absolute Gasteiger partial charge is 0.214 e. The molecule has 0 aromatic rings. The Morgan fingerprint density at radius 2 is 1.69 bits per heavy atom. The van der Waals surface area contributed by atoms with Gasteiger partial charge in [0.25, 0.3) is 0 Å². The highest BCUT2D eigenvalue weighted by atomic mass is 32.2. The van der Waals surface area contributed by atoms with Gasteiger partial charge in [-0.2, -0.15) is 0 Å². The van der Waals surface area contributed by atoms with Gasteiger partial charge in [-0.3, -0.25) is 0 Å². The summed E-state index contributed by atoms with van der Waals surface area (Å²) >= 11 is 0. The van der Waals surface area contributed by atoms with Crippen molar-refractivity contribution >= 4 is 19.9 Å². The van der Waals surface area contributed by atoms with Crippen molar-refractivity contribution in [2.75, 3.05) is 51.0 Å². The second-order valence-electron chi connectivity index (χ2n) is 4.09. The predicted molar refractivity (Wildman–Crippen MR) is 62.6 cm³/mol. The summed E-state index contributed by atoms with van der Waals surface area (Å²) in [6.45, 7) is 1.27. The van der Waals surface area contributed by atoms with E-state index in [-0.39, 0.29) is 17.3 Å². The minimum Gasteiger partial charge on any atom is -0.300 e. The van der Waals surface area contributed by atoms with Gasteiger partial charge in [-0.1, -0.05) is 0 Å². The first-order chi connectivity index (χ1) is 7.23. The molecule has 0 spiro atoms. The highest BCUT2D eigenvalue weighted by Crippen LogP contribution is 2.04. The van der Waals surface area contributed by atoms with Crippen LogP contribution in [-0.2, 0) is 19.9 Å². The zero-order valence-electron chi connectivity index (χ0n) is 9.59. The van der Waals surface area contributed by atoms with Crippen molar-refractivity contribution in [3.05, 3.63) is 0 Å². The Morgan fingerprint density at radius 1 is 1.19 bits per heavy atom. The molecule has 0 aromatic heterocycles. The third kappa shape index (κ3) is 4.00. The Morgan fingerprint density at radius 3 is 2.12 bits per heavy atom. The van der Waals surface area contributed by atoms with Gasteiger partial charge in [0.2, 0.25) is 10.0 Å². The number of sulfonamides is 1. The van der Waals surface area contributed by atoms with E-state index in [1.165, 1.54) is 18.4 Å². The van der Waals surface area contributed by atoms with E-state index in [9.17, 15) is 16.8 Å². The standard InChI is InChI=1S/C8H18N2O4S2/c1-9(2)16(13,14)8-5-10-3-6-15(11,12)7-4-10/h3-8H2,1-2H3. The molecule has 1 rings (SSSR count). The van der Waals surface area contributed by atoms with Gasteiger partial charge in [-0.15, -0.1) is 0 Å². The van der Waals surface area contributed by atoms with Crippen LogP contribution in [0, 0.1) is 0 Å². The van der Waals surface area contributed by atoms with Crippen LogP contribution in [0.1, 0.15) is 0 Å². The molecular formula is C8H18N2O4S2. The molecule has 8 heteroatoms. The minimum absolute atomic E-state index is 0.0417. The van der Waals surface area contributed by atoms with Crippen molar-refractivity contribution in [2.24, 2.45) is 0 Å². The van der Waals surface area contributed by atoms with Crippen molar-refractivity contribution in [1.29, 1.82) is 0 Å². The molecule has 6 nitrogen and oxygen atoms in total. The highest BCUT2D eigenvalue weighted by molar-refractivity contribution is 7.91. The molecular weight excluding hydrogens is 252 g/mol. The van der Waals surface area contributed by atoms with Gasteiger partial charge in [-0.05, 0) is 0 Å². The van der Waals surface area contributed by atoms with E-state index in [0.29, 0.717) is 19.6 Å². The Hall–Kier alpha value is -0.180. The quantitative estimate of drug-likeness (QED) is 0.628. The maximum Gasteiger partial charge on any atom is 0.214 e. The third-order valence-electron chi connectivity index (χ3n) is 2.66. The molecule has 1 saturated heterocycles. The topological polar surface area (TPSA) is 74.8 Å². The van der Waals surface area contributed by atoms with Crippen LogP contribution in [0.15, 0.2) is 0 Å². The molecule has 0 saturated carbocycles. The molecule has 1 aliphatic rings. The SMILES string of the molecule is CN(C)S(=O)(=O)CCN1CCS(=O)(=O)CC1. The summed E-state index contributed by atoms with van der Waals surface area (Å²) in [5, 5.41) is 0. The fourth-order valence-corrected chi connectivity index (χ4v) is 3.53. The van der Waals surface area contributed by atoms with E-state index in [2.05, 4.69) is 0 Å². The fourth-order valence-electron chi connectivity index (χ4n) is 1.40. The monoisotopic (exact) mass is 270 g/mol. The van der Waals surface area contributed by atoms with Gasteiger partial charge < -0.3 is 4.90 Å². The van der Waals surface area contributed by atoms with Crippen molar-refractivity contribution in [2.45, 2.75) is 0 Å². The molecule has 16 heavy (non-hydrogen) atoms. The normalized spacial score (nSPS) is 22.4. The van der Waals surface area contributed by atoms with Gasteiger partial charge in [0, 0.05) is 33.7 Å². The Bertz CT molecular complexity index is 413. The molecule has 1 fully saturated rings. The predicted octanol–water partition coefficient (Wildman–Crippen LogP) is -1.39. The summed E-state index contributed by atoms with van der Waals surface area (Å²) in [4.78, 5) is 1.88. The lowest BCUT2D eigenvalue weighted by Gasteiger charge is -2.26. The average molecular weight is 270 g/mol. The van der Waals surface area contributed by atoms with Gasteiger partial charge in [0.1, 0.15) is 0 Å². The van der Waals surface area contributed by atoms with Crippen molar-refractivity contribution in [1.82, 2.24) is 9.21 Å². The van der Waals surface area contributed by atoms with E-state index < -0.39 is 19.9 Å². The van der Waals surface area contributed by atoms with Crippen LogP contribution in [0.25, 0.3) is 0 Å². The summed E-state index contributed by atoms with van der Waals surface area (Å²) in [7, 11) is -3.08. The molecule has 1 aliphatic heterocycles. The first kappa shape index (κ1) is 13.9. The summed E-state index contributed by atoms with van der Waals surface area (Å²) in [5.74, 6) is 0.310. The number of hydrogen-bond donors (Lipinski definition) is 0. The van der Waals surface area contributed by atoms with E-state index in [1.54, 1.807) is 0 Å². The van der Waals surface area contributed by atoms with Crippen LogP contribution in [-0.4, -0.2) is 77.0 Å². The van der Waals surface area contributed by atoms with Gasteiger partial charge in [-0.25, -0.2) is 21.1 Å². The van der Waals surface area contributed by atoms with Crippen LogP contribution < -0.4 is 0 Å². The lowest BCUT2D eigenvalue weighted by Crippen LogP contribution is -2.43. The molecule has 0 N–H and O–H groups in total. The Labute approximate surface area is 97.2 Å². The number of sulfone groups is 1. The van der Waals surface area contributed by atoms with Crippen LogP contribution in [0.5, 0.6) is 0 Å². The van der Waals surface area contributed by atoms with Crippen LogP contribution >= 0.6 is 0 Å². The van der Waals surface area contributed by atoms with Crippen LogP contribution in [0.3, 0.4) is 0 Å². The van der Waals surface area contributed by atoms with E-state index >= 15 is 0 Å². The zero-order valence-corrected chi connectivity index (χ0v) is 11.2. The average Bonchev–Trinajstić information content (AvgIpc) is 2.16. The molecule has 0 atom stereocenters. The largest absolute Gasteiger partial charge is 0.300 e. The molecule has 0 bridgehead atoms. The van der Waals surface area contributed by atoms with E-state index in [1.807, 2.05) is 4.90 Å². The number of hydrogen-bond acceptors (Lipinski definition) is 5. The lowest BCUT2D eigenvalue weighted by molar-refractivity contribution is 0.311. The molecule has 96 valence electrons. The molecule has 0 amide bonds. The van der Waals surface area contributed by atoms with Crippen molar-refractivity contribution < 1.29 is 16.8 Å². The fraction of sp³-hybridized carbons (Fsp3) is 1.00. The summed E-state index contributed by atoms with van der Waals surface area (Å²) < 4.78 is 46.5. The van der Waals surface area contributed by atoms with Crippen molar-refractivity contribution in [3.8, 4) is 0 Å². The summed E-state index contributed by atoms with van der Waals surface area (Å²) in [5.41, 5.74) is 0. The van der Waals surface area contributed by atoms with Crippen molar-refractivity contribution in [3.63, 3.8) is 0 Å². The van der Waals surface area contributed by atoms with Crippen LogP contribution in [0.4, 0.5) is 0 Å². The number of nitrogens with zero attached hydrogens (tertiary/aromatic N) is 2. The zero-order chi connectivity index (χ0) is 12.4. The highest BCUT2D eigenvalue weighted by Gasteiger charge is 2.23. The molecule has 0 unspecified atom stereocenters. The second kappa shape index (κ2) is 4.99. The van der Waals surface area contributed by atoms with Gasteiger partial charge in [0.05, 0.1) is 17.3 Å². The lowest BCUT2D eigenvalue weighted by atomic mass is 10.5. The van der Waals surface area contributed by atoms with Gasteiger partial charge >= 0.3 is 0 Å². The second-order valence-corrected chi connectivity index (χ2v) is 8.70. The van der Waals surface area contributed by atoms with E-state index in [0.717, 1.165) is 0 Å². The Kier molecular flexibility index (Phi) is 4.33. The third-order valence-corrected chi connectivity index (χ3v) is 6.08.